The Labute approximate surface area is 104 Å². The minimum Gasteiger partial charge on any atom is -0.492 e. The normalized spacial score (nSPS) is 12.4. The molecule has 3 nitrogen and oxygen atoms in total. The van der Waals surface area contributed by atoms with Crippen LogP contribution in [-0.4, -0.2) is 33.4 Å². The zero-order chi connectivity index (χ0) is 12.5. The van der Waals surface area contributed by atoms with Crippen molar-refractivity contribution in [1.82, 2.24) is 5.32 Å². The van der Waals surface area contributed by atoms with Gasteiger partial charge in [0.1, 0.15) is 12.4 Å². The lowest BCUT2D eigenvalue weighted by molar-refractivity contribution is 0.157. The summed E-state index contributed by atoms with van der Waals surface area (Å²) in [5, 5.41) is 3.35. The van der Waals surface area contributed by atoms with Gasteiger partial charge >= 0.3 is 0 Å². The molecule has 17 heavy (non-hydrogen) atoms. The summed E-state index contributed by atoms with van der Waals surface area (Å²) in [5.41, 5.74) is 1.23. The van der Waals surface area contributed by atoms with Gasteiger partial charge < -0.3 is 14.8 Å². The van der Waals surface area contributed by atoms with Crippen LogP contribution < -0.4 is 10.1 Å². The molecule has 0 saturated carbocycles. The zero-order valence-electron chi connectivity index (χ0n) is 11.0. The maximum absolute atomic E-state index is 5.63. The summed E-state index contributed by atoms with van der Waals surface area (Å²) in [6, 6.07) is 8.12. The van der Waals surface area contributed by atoms with Crippen LogP contribution in [0.1, 0.15) is 12.5 Å². The van der Waals surface area contributed by atoms with Gasteiger partial charge in [0.25, 0.3) is 0 Å². The van der Waals surface area contributed by atoms with Crippen LogP contribution >= 0.6 is 0 Å². The molecule has 0 aromatic heterocycles. The Morgan fingerprint density at radius 2 is 2.18 bits per heavy atom. The Hall–Kier alpha value is -1.06. The molecule has 1 rings (SSSR count). The van der Waals surface area contributed by atoms with Crippen LogP contribution in [0.5, 0.6) is 5.75 Å². The van der Waals surface area contributed by atoms with Gasteiger partial charge in [0.15, 0.2) is 0 Å². The minimum atomic E-state index is 0.541. The zero-order valence-corrected chi connectivity index (χ0v) is 11.0. The molecule has 0 fully saturated rings. The maximum atomic E-state index is 5.63. The predicted octanol–water partition coefficient (Wildman–Crippen LogP) is 2.25. The molecule has 96 valence electrons. The summed E-state index contributed by atoms with van der Waals surface area (Å²) >= 11 is 0. The summed E-state index contributed by atoms with van der Waals surface area (Å²) in [7, 11) is 1.73. The fourth-order valence-corrected chi connectivity index (χ4v) is 1.64. The number of benzene rings is 1. The van der Waals surface area contributed by atoms with Crippen molar-refractivity contribution in [2.45, 2.75) is 13.8 Å². The molecule has 0 radical (unpaired) electrons. The first-order valence-corrected chi connectivity index (χ1v) is 6.11. The van der Waals surface area contributed by atoms with Crippen LogP contribution in [0, 0.1) is 12.8 Å². The van der Waals surface area contributed by atoms with Crippen LogP contribution in [0.25, 0.3) is 0 Å². The van der Waals surface area contributed by atoms with E-state index in [9.17, 15) is 0 Å². The van der Waals surface area contributed by atoms with Crippen LogP contribution in [0.15, 0.2) is 24.3 Å². The van der Waals surface area contributed by atoms with Crippen molar-refractivity contribution in [3.8, 4) is 5.75 Å². The smallest absolute Gasteiger partial charge is 0.119 e. The first-order chi connectivity index (χ1) is 8.22. The summed E-state index contributed by atoms with van der Waals surface area (Å²) in [5.74, 6) is 1.48. The second-order valence-corrected chi connectivity index (χ2v) is 4.43. The highest BCUT2D eigenvalue weighted by Gasteiger charge is 2.00. The second kappa shape index (κ2) is 8.09. The van der Waals surface area contributed by atoms with E-state index in [0.717, 1.165) is 25.4 Å². The van der Waals surface area contributed by atoms with E-state index in [1.54, 1.807) is 7.11 Å². The Kier molecular flexibility index (Phi) is 6.67. The SMILES string of the molecule is COCC(C)CNCCOc1cccc(C)c1. The summed E-state index contributed by atoms with van der Waals surface area (Å²) < 4.78 is 10.7. The van der Waals surface area contributed by atoms with Crippen molar-refractivity contribution >= 4 is 0 Å². The van der Waals surface area contributed by atoms with E-state index in [2.05, 4.69) is 25.2 Å². The molecule has 0 bridgehead atoms. The number of aryl methyl sites for hydroxylation is 1. The number of methoxy groups -OCH3 is 1. The van der Waals surface area contributed by atoms with Crippen molar-refractivity contribution in [2.24, 2.45) is 5.92 Å². The molecular formula is C14H23NO2. The Morgan fingerprint density at radius 3 is 2.88 bits per heavy atom. The molecule has 0 amide bonds. The van der Waals surface area contributed by atoms with Gasteiger partial charge in [0, 0.05) is 26.8 Å². The second-order valence-electron chi connectivity index (χ2n) is 4.43. The van der Waals surface area contributed by atoms with Crippen molar-refractivity contribution in [2.75, 3.05) is 33.4 Å². The third kappa shape index (κ3) is 6.29. The summed E-state index contributed by atoms with van der Waals surface area (Å²) in [6.07, 6.45) is 0. The predicted molar refractivity (Wildman–Crippen MR) is 70.6 cm³/mol. The molecule has 0 spiro atoms. The minimum absolute atomic E-state index is 0.541. The highest BCUT2D eigenvalue weighted by Crippen LogP contribution is 2.11. The van der Waals surface area contributed by atoms with E-state index in [4.69, 9.17) is 9.47 Å². The van der Waals surface area contributed by atoms with E-state index >= 15 is 0 Å². The molecule has 1 aromatic rings. The van der Waals surface area contributed by atoms with Crippen LogP contribution in [0.2, 0.25) is 0 Å². The molecule has 1 atom stereocenters. The quantitative estimate of drug-likeness (QED) is 0.703. The third-order valence-corrected chi connectivity index (χ3v) is 2.48. The Balaban J connectivity index is 2.08. The van der Waals surface area contributed by atoms with Gasteiger partial charge in [-0.25, -0.2) is 0 Å². The van der Waals surface area contributed by atoms with Crippen molar-refractivity contribution < 1.29 is 9.47 Å². The lowest BCUT2D eigenvalue weighted by atomic mass is 10.2. The number of hydrogen-bond acceptors (Lipinski definition) is 3. The van der Waals surface area contributed by atoms with Crippen LogP contribution in [0.4, 0.5) is 0 Å². The molecule has 0 aliphatic carbocycles. The molecule has 0 aliphatic heterocycles. The molecular weight excluding hydrogens is 214 g/mol. The number of rotatable bonds is 8. The monoisotopic (exact) mass is 237 g/mol. The van der Waals surface area contributed by atoms with Gasteiger partial charge in [-0.15, -0.1) is 0 Å². The Morgan fingerprint density at radius 1 is 1.35 bits per heavy atom. The van der Waals surface area contributed by atoms with Crippen molar-refractivity contribution in [3.05, 3.63) is 29.8 Å². The molecule has 0 saturated heterocycles. The molecule has 1 N–H and O–H groups in total. The molecule has 0 aliphatic rings. The van der Waals surface area contributed by atoms with E-state index in [-0.39, 0.29) is 0 Å². The third-order valence-electron chi connectivity index (χ3n) is 2.48. The number of nitrogens with one attached hydrogen (secondary N) is 1. The molecule has 3 heteroatoms. The topological polar surface area (TPSA) is 30.5 Å². The van der Waals surface area contributed by atoms with Gasteiger partial charge in [0.2, 0.25) is 0 Å². The van der Waals surface area contributed by atoms with E-state index in [0.29, 0.717) is 12.5 Å². The number of ether oxygens (including phenoxy) is 2. The van der Waals surface area contributed by atoms with Crippen LogP contribution in [0.3, 0.4) is 0 Å². The average molecular weight is 237 g/mol. The Bertz CT molecular complexity index is 315. The van der Waals surface area contributed by atoms with Gasteiger partial charge in [-0.1, -0.05) is 19.1 Å². The molecule has 1 aromatic carbocycles. The largest absolute Gasteiger partial charge is 0.492 e. The van der Waals surface area contributed by atoms with Gasteiger partial charge in [-0.05, 0) is 30.5 Å². The van der Waals surface area contributed by atoms with Crippen LogP contribution in [-0.2, 0) is 4.74 Å². The van der Waals surface area contributed by atoms with Gasteiger partial charge in [0.05, 0.1) is 0 Å². The van der Waals surface area contributed by atoms with Crippen molar-refractivity contribution in [3.63, 3.8) is 0 Å². The van der Waals surface area contributed by atoms with Gasteiger partial charge in [-0.3, -0.25) is 0 Å². The average Bonchev–Trinajstić information content (AvgIpc) is 2.29. The standard InChI is InChI=1S/C14H23NO2/c1-12-5-4-6-14(9-12)17-8-7-15-10-13(2)11-16-3/h4-6,9,13,15H,7-8,10-11H2,1-3H3. The van der Waals surface area contributed by atoms with E-state index in [1.807, 2.05) is 18.2 Å². The molecule has 0 heterocycles. The van der Waals surface area contributed by atoms with E-state index < -0.39 is 0 Å². The lowest BCUT2D eigenvalue weighted by Crippen LogP contribution is -2.27. The summed E-state index contributed by atoms with van der Waals surface area (Å²) in [6.45, 7) is 7.55. The molecule has 1 unspecified atom stereocenters. The summed E-state index contributed by atoms with van der Waals surface area (Å²) in [4.78, 5) is 0. The fourth-order valence-electron chi connectivity index (χ4n) is 1.64. The first-order valence-electron chi connectivity index (χ1n) is 6.11. The number of hydrogen-bond donors (Lipinski definition) is 1. The highest BCUT2D eigenvalue weighted by molar-refractivity contribution is 5.27. The highest BCUT2D eigenvalue weighted by atomic mass is 16.5. The van der Waals surface area contributed by atoms with Crippen molar-refractivity contribution in [1.29, 1.82) is 0 Å². The maximum Gasteiger partial charge on any atom is 0.119 e. The van der Waals surface area contributed by atoms with Gasteiger partial charge in [-0.2, -0.15) is 0 Å². The van der Waals surface area contributed by atoms with E-state index in [1.165, 1.54) is 5.56 Å². The lowest BCUT2D eigenvalue weighted by Gasteiger charge is -2.12. The first kappa shape index (κ1) is 14.0. The fraction of sp³-hybridized carbons (Fsp3) is 0.571.